The lowest BCUT2D eigenvalue weighted by molar-refractivity contribution is 0.424. The fourth-order valence-electron chi connectivity index (χ4n) is 2.98. The number of rotatable bonds is 5. The lowest BCUT2D eigenvalue weighted by atomic mass is 10.0. The zero-order chi connectivity index (χ0) is 15.6. The van der Waals surface area contributed by atoms with Crippen LogP contribution in [0, 0.1) is 12.8 Å². The van der Waals surface area contributed by atoms with Gasteiger partial charge >= 0.3 is 0 Å². The minimum Gasteiger partial charge on any atom is -0.326 e. The summed E-state index contributed by atoms with van der Waals surface area (Å²) in [5.41, 5.74) is 7.36. The molecule has 21 heavy (non-hydrogen) atoms. The van der Waals surface area contributed by atoms with Gasteiger partial charge in [-0.3, -0.25) is 0 Å². The molecule has 1 aliphatic rings. The third-order valence-electron chi connectivity index (χ3n) is 4.25. The largest absolute Gasteiger partial charge is 0.326 e. The van der Waals surface area contributed by atoms with Crippen LogP contribution in [0.2, 0.25) is 0 Å². The van der Waals surface area contributed by atoms with Crippen LogP contribution in [0.4, 0.5) is 0 Å². The van der Waals surface area contributed by atoms with E-state index in [9.17, 15) is 8.42 Å². The summed E-state index contributed by atoms with van der Waals surface area (Å²) in [4.78, 5) is 0.285. The van der Waals surface area contributed by atoms with Gasteiger partial charge in [0.25, 0.3) is 0 Å². The molecule has 1 unspecified atom stereocenters. The molecule has 2 rings (SSSR count). The quantitative estimate of drug-likeness (QED) is 0.831. The number of nitrogens with two attached hydrogens (primary N) is 1. The molecule has 0 heterocycles. The molecule has 0 aliphatic heterocycles. The SMILES string of the molecule is Cc1cc(CN)cc(S(=O)(=O)NC(C)C2CCCC2)c1Br. The molecule has 3 N–H and O–H groups in total. The highest BCUT2D eigenvalue weighted by Crippen LogP contribution is 2.30. The van der Waals surface area contributed by atoms with Gasteiger partial charge in [-0.05, 0) is 65.7 Å². The first-order valence-corrected chi connectivity index (χ1v) is 9.64. The van der Waals surface area contributed by atoms with Crippen molar-refractivity contribution in [2.45, 2.75) is 57.0 Å². The summed E-state index contributed by atoms with van der Waals surface area (Å²) in [5, 5.41) is 0. The molecule has 1 aliphatic carbocycles. The second-order valence-corrected chi connectivity index (χ2v) is 8.36. The average molecular weight is 375 g/mol. The Morgan fingerprint density at radius 1 is 1.38 bits per heavy atom. The van der Waals surface area contributed by atoms with Crippen LogP contribution in [0.5, 0.6) is 0 Å². The minimum absolute atomic E-state index is 0.0359. The van der Waals surface area contributed by atoms with Gasteiger partial charge in [0.1, 0.15) is 0 Å². The maximum Gasteiger partial charge on any atom is 0.241 e. The summed E-state index contributed by atoms with van der Waals surface area (Å²) in [6.07, 6.45) is 4.60. The van der Waals surface area contributed by atoms with Gasteiger partial charge in [0.05, 0.1) is 4.90 Å². The van der Waals surface area contributed by atoms with Gasteiger partial charge in [-0.25, -0.2) is 13.1 Å². The minimum atomic E-state index is -3.54. The molecular formula is C15H23BrN2O2S. The molecule has 1 aromatic carbocycles. The molecule has 118 valence electrons. The molecular weight excluding hydrogens is 352 g/mol. The Morgan fingerprint density at radius 2 is 2.00 bits per heavy atom. The van der Waals surface area contributed by atoms with E-state index in [0.29, 0.717) is 16.9 Å². The van der Waals surface area contributed by atoms with E-state index in [1.165, 1.54) is 12.8 Å². The van der Waals surface area contributed by atoms with Crippen molar-refractivity contribution in [2.75, 3.05) is 0 Å². The van der Waals surface area contributed by atoms with Crippen molar-refractivity contribution in [3.8, 4) is 0 Å². The Bertz CT molecular complexity index is 610. The number of aryl methyl sites for hydroxylation is 1. The van der Waals surface area contributed by atoms with E-state index in [1.807, 2.05) is 19.9 Å². The lowest BCUT2D eigenvalue weighted by Crippen LogP contribution is -2.37. The smallest absolute Gasteiger partial charge is 0.241 e. The van der Waals surface area contributed by atoms with Crippen LogP contribution in [0.15, 0.2) is 21.5 Å². The fourth-order valence-corrected chi connectivity index (χ4v) is 5.36. The molecule has 1 atom stereocenters. The third kappa shape index (κ3) is 3.86. The van der Waals surface area contributed by atoms with E-state index in [1.54, 1.807) is 6.07 Å². The Labute approximate surface area is 135 Å². The first kappa shape index (κ1) is 16.9. The Morgan fingerprint density at radius 3 is 2.57 bits per heavy atom. The molecule has 4 nitrogen and oxygen atoms in total. The van der Waals surface area contributed by atoms with Gasteiger partial charge < -0.3 is 5.73 Å². The van der Waals surface area contributed by atoms with E-state index in [-0.39, 0.29) is 10.9 Å². The van der Waals surface area contributed by atoms with Crippen molar-refractivity contribution < 1.29 is 8.42 Å². The highest BCUT2D eigenvalue weighted by Gasteiger charge is 2.27. The topological polar surface area (TPSA) is 72.2 Å². The predicted molar refractivity (Wildman–Crippen MR) is 88.5 cm³/mol. The Hall–Kier alpha value is -0.430. The van der Waals surface area contributed by atoms with Gasteiger partial charge in [-0.1, -0.05) is 18.9 Å². The fraction of sp³-hybridized carbons (Fsp3) is 0.600. The van der Waals surface area contributed by atoms with E-state index in [2.05, 4.69) is 20.7 Å². The zero-order valence-corrected chi connectivity index (χ0v) is 14.9. The summed E-state index contributed by atoms with van der Waals surface area (Å²) in [6, 6.07) is 3.52. The summed E-state index contributed by atoms with van der Waals surface area (Å²) in [7, 11) is -3.54. The molecule has 0 saturated heterocycles. The predicted octanol–water partition coefficient (Wildman–Crippen LogP) is 3.07. The van der Waals surface area contributed by atoms with Gasteiger partial charge in [-0.2, -0.15) is 0 Å². The number of nitrogens with one attached hydrogen (secondary N) is 1. The normalized spacial score (nSPS) is 18.1. The van der Waals surface area contributed by atoms with Crippen LogP contribution in [0.3, 0.4) is 0 Å². The van der Waals surface area contributed by atoms with Crippen molar-refractivity contribution in [3.05, 3.63) is 27.7 Å². The molecule has 1 saturated carbocycles. The molecule has 0 aromatic heterocycles. The number of halogens is 1. The first-order valence-electron chi connectivity index (χ1n) is 7.36. The van der Waals surface area contributed by atoms with Crippen LogP contribution in [-0.4, -0.2) is 14.5 Å². The van der Waals surface area contributed by atoms with Gasteiger partial charge in [0.2, 0.25) is 10.0 Å². The van der Waals surface area contributed by atoms with Crippen LogP contribution in [0.1, 0.15) is 43.7 Å². The second-order valence-electron chi connectivity index (χ2n) is 5.88. The molecule has 0 spiro atoms. The number of hydrogen-bond donors (Lipinski definition) is 2. The van der Waals surface area contributed by atoms with Crippen LogP contribution in [0.25, 0.3) is 0 Å². The summed E-state index contributed by atoms with van der Waals surface area (Å²) < 4.78 is 28.8. The second kappa shape index (κ2) is 6.77. The molecule has 0 radical (unpaired) electrons. The average Bonchev–Trinajstić information content (AvgIpc) is 2.95. The van der Waals surface area contributed by atoms with Crippen molar-refractivity contribution in [1.29, 1.82) is 0 Å². The van der Waals surface area contributed by atoms with Crippen molar-refractivity contribution >= 4 is 26.0 Å². The van der Waals surface area contributed by atoms with Gasteiger partial charge in [-0.15, -0.1) is 0 Å². The summed E-state index contributed by atoms with van der Waals surface area (Å²) in [5.74, 6) is 0.442. The van der Waals surface area contributed by atoms with Crippen LogP contribution in [-0.2, 0) is 16.6 Å². The van der Waals surface area contributed by atoms with Gasteiger partial charge in [0.15, 0.2) is 0 Å². The molecule has 1 fully saturated rings. The highest BCUT2D eigenvalue weighted by atomic mass is 79.9. The number of benzene rings is 1. The van der Waals surface area contributed by atoms with Crippen molar-refractivity contribution in [2.24, 2.45) is 11.7 Å². The van der Waals surface area contributed by atoms with Crippen LogP contribution < -0.4 is 10.5 Å². The number of sulfonamides is 1. The number of hydrogen-bond acceptors (Lipinski definition) is 3. The highest BCUT2D eigenvalue weighted by molar-refractivity contribution is 9.10. The van der Waals surface area contributed by atoms with E-state index in [4.69, 9.17) is 5.73 Å². The maximum absolute atomic E-state index is 12.7. The monoisotopic (exact) mass is 374 g/mol. The van der Waals surface area contributed by atoms with Crippen LogP contribution >= 0.6 is 15.9 Å². The Kier molecular flexibility index (Phi) is 5.46. The van der Waals surface area contributed by atoms with Crippen molar-refractivity contribution in [3.63, 3.8) is 0 Å². The van der Waals surface area contributed by atoms with Gasteiger partial charge in [0, 0.05) is 17.1 Å². The summed E-state index contributed by atoms with van der Waals surface area (Å²) >= 11 is 3.39. The molecule has 6 heteroatoms. The van der Waals surface area contributed by atoms with E-state index >= 15 is 0 Å². The zero-order valence-electron chi connectivity index (χ0n) is 12.5. The van der Waals surface area contributed by atoms with E-state index < -0.39 is 10.0 Å². The third-order valence-corrected chi connectivity index (χ3v) is 7.15. The van der Waals surface area contributed by atoms with E-state index in [0.717, 1.165) is 24.0 Å². The molecule has 0 amide bonds. The standard InChI is InChI=1S/C15H23BrN2O2S/c1-10-7-12(9-17)8-14(15(10)16)21(19,20)18-11(2)13-5-3-4-6-13/h7-8,11,13,18H,3-6,9,17H2,1-2H3. The first-order chi connectivity index (χ1) is 9.85. The molecule has 0 bridgehead atoms. The summed E-state index contributed by atoms with van der Waals surface area (Å²) in [6.45, 7) is 4.17. The maximum atomic E-state index is 12.7. The van der Waals surface area contributed by atoms with Crippen molar-refractivity contribution in [1.82, 2.24) is 4.72 Å². The molecule has 1 aromatic rings. The Balaban J connectivity index is 2.28. The lowest BCUT2D eigenvalue weighted by Gasteiger charge is -2.21.